The minimum Gasteiger partial charge on any atom is -0.507 e. The van der Waals surface area contributed by atoms with Gasteiger partial charge in [0.05, 0.1) is 5.56 Å². The lowest BCUT2D eigenvalue weighted by Gasteiger charge is -2.28. The maximum absolute atomic E-state index is 13.5. The summed E-state index contributed by atoms with van der Waals surface area (Å²) in [6.07, 6.45) is 5.79. The summed E-state index contributed by atoms with van der Waals surface area (Å²) in [6, 6.07) is 2.54. The lowest BCUT2D eigenvalue weighted by molar-refractivity contribution is 0.153. The molecule has 7 nitrogen and oxygen atoms in total. The molecule has 0 radical (unpaired) electrons. The Morgan fingerprint density at radius 3 is 2.44 bits per heavy atom. The summed E-state index contributed by atoms with van der Waals surface area (Å²) in [5.41, 5.74) is 1.13. The maximum atomic E-state index is 13.5. The van der Waals surface area contributed by atoms with Crippen molar-refractivity contribution in [2.75, 3.05) is 0 Å². The number of hydrogen-bond acceptors (Lipinski definition) is 7. The van der Waals surface area contributed by atoms with Crippen molar-refractivity contribution in [1.82, 2.24) is 0 Å². The Bertz CT molecular complexity index is 1560. The number of benzene rings is 2. The van der Waals surface area contributed by atoms with Crippen LogP contribution in [0, 0.1) is 0 Å². The molecule has 3 heterocycles. The molecular weight excluding hydrogens is 412 g/mol. The summed E-state index contributed by atoms with van der Waals surface area (Å²) in [6.45, 7) is 7.55. The lowest BCUT2D eigenvalue weighted by Crippen LogP contribution is -2.27. The molecule has 164 valence electrons. The van der Waals surface area contributed by atoms with Crippen LogP contribution in [0.4, 0.5) is 0 Å². The predicted octanol–water partition coefficient (Wildman–Crippen LogP) is 5.50. The standard InChI is InChI=1S/C25H22O7/c1-11(2)5-6-12-15(26)10-16(27)19-20(29)18-14-9-17(28)22-13(7-8-25(3,4)32-22)21(14)30-24(18)31-23(12)19/h5,7-10,26-28H,6H2,1-4H3. The van der Waals surface area contributed by atoms with E-state index in [0.717, 1.165) is 11.6 Å². The van der Waals surface area contributed by atoms with E-state index in [0.29, 0.717) is 28.5 Å². The molecule has 4 aromatic rings. The van der Waals surface area contributed by atoms with Crippen molar-refractivity contribution in [2.24, 2.45) is 0 Å². The molecule has 0 amide bonds. The molecule has 0 spiro atoms. The van der Waals surface area contributed by atoms with Crippen LogP contribution in [0.1, 0.15) is 38.8 Å². The van der Waals surface area contributed by atoms with Crippen LogP contribution in [0.3, 0.4) is 0 Å². The van der Waals surface area contributed by atoms with Crippen LogP contribution in [0.25, 0.3) is 39.2 Å². The van der Waals surface area contributed by atoms with E-state index in [-0.39, 0.29) is 39.4 Å². The van der Waals surface area contributed by atoms with Gasteiger partial charge in [-0.1, -0.05) is 11.6 Å². The molecule has 5 rings (SSSR count). The van der Waals surface area contributed by atoms with E-state index in [4.69, 9.17) is 13.6 Å². The van der Waals surface area contributed by atoms with Gasteiger partial charge in [-0.25, -0.2) is 0 Å². The van der Waals surface area contributed by atoms with Crippen LogP contribution < -0.4 is 10.2 Å². The molecular formula is C25H22O7. The van der Waals surface area contributed by atoms with E-state index < -0.39 is 16.8 Å². The minimum absolute atomic E-state index is 0.0553. The number of phenols is 3. The smallest absolute Gasteiger partial charge is 0.302 e. The fourth-order valence-corrected chi connectivity index (χ4v) is 4.06. The molecule has 0 unspecified atom stereocenters. The Labute approximate surface area is 182 Å². The molecule has 1 aliphatic rings. The van der Waals surface area contributed by atoms with Crippen LogP contribution in [-0.2, 0) is 6.42 Å². The number of rotatable bonds is 2. The van der Waals surface area contributed by atoms with Crippen molar-refractivity contribution in [3.63, 3.8) is 0 Å². The fraction of sp³-hybridized carbons (Fsp3) is 0.240. The molecule has 0 aliphatic carbocycles. The van der Waals surface area contributed by atoms with Crippen molar-refractivity contribution < 1.29 is 28.9 Å². The Morgan fingerprint density at radius 2 is 1.72 bits per heavy atom. The zero-order valence-corrected chi connectivity index (χ0v) is 18.1. The van der Waals surface area contributed by atoms with Crippen molar-refractivity contribution in [2.45, 2.75) is 39.7 Å². The van der Waals surface area contributed by atoms with Gasteiger partial charge in [0.15, 0.2) is 22.7 Å². The van der Waals surface area contributed by atoms with E-state index in [1.54, 1.807) is 6.08 Å². The third kappa shape index (κ3) is 2.85. The van der Waals surface area contributed by atoms with Gasteiger partial charge >= 0.3 is 5.78 Å². The van der Waals surface area contributed by atoms with Gasteiger partial charge in [-0.2, -0.15) is 0 Å². The molecule has 0 atom stereocenters. The topological polar surface area (TPSA) is 113 Å². The van der Waals surface area contributed by atoms with Gasteiger partial charge in [-0.15, -0.1) is 0 Å². The summed E-state index contributed by atoms with van der Waals surface area (Å²) in [5.74, 6) is -0.514. The Hall–Kier alpha value is -3.87. The van der Waals surface area contributed by atoms with Gasteiger partial charge in [0.1, 0.15) is 27.9 Å². The largest absolute Gasteiger partial charge is 0.507 e. The summed E-state index contributed by atoms with van der Waals surface area (Å²) in [4.78, 5) is 13.5. The second-order valence-electron chi connectivity index (χ2n) is 8.83. The van der Waals surface area contributed by atoms with Crippen LogP contribution in [0.15, 0.2) is 43.5 Å². The van der Waals surface area contributed by atoms with Crippen molar-refractivity contribution >= 4 is 39.2 Å². The number of ether oxygens (including phenoxy) is 1. The quantitative estimate of drug-likeness (QED) is 0.357. The van der Waals surface area contributed by atoms with E-state index >= 15 is 0 Å². The first-order valence-electron chi connectivity index (χ1n) is 10.2. The molecule has 1 aliphatic heterocycles. The molecule has 3 N–H and O–H groups in total. The number of furan rings is 1. The number of phenolic OH excluding ortho intramolecular Hbond substituents is 3. The first kappa shape index (κ1) is 20.1. The predicted molar refractivity (Wildman–Crippen MR) is 122 cm³/mol. The third-order valence-electron chi connectivity index (χ3n) is 5.64. The van der Waals surface area contributed by atoms with E-state index in [1.165, 1.54) is 6.07 Å². The Morgan fingerprint density at radius 1 is 1.00 bits per heavy atom. The molecule has 0 saturated heterocycles. The number of fused-ring (bicyclic) bond motifs is 6. The highest BCUT2D eigenvalue weighted by molar-refractivity contribution is 6.10. The van der Waals surface area contributed by atoms with Crippen molar-refractivity contribution in [1.29, 1.82) is 0 Å². The summed E-state index contributed by atoms with van der Waals surface area (Å²) < 4.78 is 17.8. The van der Waals surface area contributed by atoms with E-state index in [1.807, 2.05) is 39.8 Å². The van der Waals surface area contributed by atoms with Crippen molar-refractivity contribution in [3.05, 3.63) is 51.2 Å². The highest BCUT2D eigenvalue weighted by atomic mass is 16.5. The molecule has 7 heteroatoms. The average molecular weight is 434 g/mol. The van der Waals surface area contributed by atoms with E-state index in [9.17, 15) is 20.1 Å². The van der Waals surface area contributed by atoms with Crippen LogP contribution in [-0.4, -0.2) is 20.9 Å². The highest BCUT2D eigenvalue weighted by Gasteiger charge is 2.30. The summed E-state index contributed by atoms with van der Waals surface area (Å²) >= 11 is 0. The van der Waals surface area contributed by atoms with Crippen LogP contribution >= 0.6 is 0 Å². The van der Waals surface area contributed by atoms with Gasteiger partial charge in [-0.05, 0) is 52.3 Å². The molecule has 0 bridgehead atoms. The molecule has 0 fully saturated rings. The highest BCUT2D eigenvalue weighted by Crippen LogP contribution is 2.46. The van der Waals surface area contributed by atoms with Crippen LogP contribution in [0.2, 0.25) is 0 Å². The second-order valence-corrected chi connectivity index (χ2v) is 8.83. The minimum atomic E-state index is -0.615. The summed E-state index contributed by atoms with van der Waals surface area (Å²) in [5, 5.41) is 31.9. The molecule has 2 aromatic carbocycles. The van der Waals surface area contributed by atoms with Gasteiger partial charge in [-0.3, -0.25) is 4.79 Å². The Balaban J connectivity index is 1.91. The first-order chi connectivity index (χ1) is 15.1. The normalized spacial score (nSPS) is 14.6. The number of allylic oxidation sites excluding steroid dienone is 2. The second kappa shape index (κ2) is 6.56. The number of aromatic hydroxyl groups is 3. The van der Waals surface area contributed by atoms with Gasteiger partial charge in [0.25, 0.3) is 0 Å². The zero-order chi connectivity index (χ0) is 22.9. The van der Waals surface area contributed by atoms with Crippen molar-refractivity contribution in [3.8, 4) is 23.0 Å². The molecule has 2 aromatic heterocycles. The third-order valence-corrected chi connectivity index (χ3v) is 5.64. The van der Waals surface area contributed by atoms with Gasteiger partial charge in [0, 0.05) is 17.0 Å². The SMILES string of the molecule is CC(C)=CCc1c(O)cc(O)c2c(=O)c3c(oc12)oc1c2c(c(O)cc13)OC(C)(C)C=C2. The first-order valence-corrected chi connectivity index (χ1v) is 10.2. The van der Waals surface area contributed by atoms with Crippen LogP contribution in [0.5, 0.6) is 23.0 Å². The Kier molecular flexibility index (Phi) is 4.11. The lowest BCUT2D eigenvalue weighted by atomic mass is 9.99. The van der Waals surface area contributed by atoms with Gasteiger partial charge < -0.3 is 28.9 Å². The average Bonchev–Trinajstić information content (AvgIpc) is 3.05. The summed E-state index contributed by atoms with van der Waals surface area (Å²) in [7, 11) is 0. The van der Waals surface area contributed by atoms with Gasteiger partial charge in [0.2, 0.25) is 5.43 Å². The monoisotopic (exact) mass is 434 g/mol. The van der Waals surface area contributed by atoms with E-state index in [2.05, 4.69) is 0 Å². The molecule has 0 saturated carbocycles. The zero-order valence-electron chi connectivity index (χ0n) is 18.1. The fourth-order valence-electron chi connectivity index (χ4n) is 4.06. The number of hydrogen-bond donors (Lipinski definition) is 3. The molecule has 32 heavy (non-hydrogen) atoms. The maximum Gasteiger partial charge on any atom is 0.302 e.